The molecule has 0 amide bonds. The molecule has 0 radical (unpaired) electrons. The van der Waals surface area contributed by atoms with Gasteiger partial charge in [0.1, 0.15) is 5.82 Å². The molecular weight excluding hydrogens is 205 g/mol. The summed E-state index contributed by atoms with van der Waals surface area (Å²) in [5.74, 6) is -0.323. The van der Waals surface area contributed by atoms with Gasteiger partial charge in [0.15, 0.2) is 0 Å². The number of halogens is 1. The first-order valence-electron chi connectivity index (χ1n) is 5.17. The second-order valence-corrected chi connectivity index (χ2v) is 3.90. The molecule has 0 aliphatic heterocycles. The molecule has 0 fully saturated rings. The van der Waals surface area contributed by atoms with E-state index < -0.39 is 0 Å². The zero-order chi connectivity index (χ0) is 12.0. The molecule has 3 nitrogen and oxygen atoms in total. The molecule has 0 aromatic heterocycles. The fourth-order valence-electron chi connectivity index (χ4n) is 1.29. The Labute approximate surface area is 95.5 Å². The number of hydrogen-bond acceptors (Lipinski definition) is 3. The molecule has 0 heterocycles. The summed E-state index contributed by atoms with van der Waals surface area (Å²) < 4.78 is 13.4. The topological polar surface area (TPSA) is 39.1 Å². The van der Waals surface area contributed by atoms with Crippen molar-refractivity contribution in [3.63, 3.8) is 0 Å². The summed E-state index contributed by atoms with van der Waals surface area (Å²) in [7, 11) is 3.98. The lowest BCUT2D eigenvalue weighted by Crippen LogP contribution is -2.26. The van der Waals surface area contributed by atoms with Gasteiger partial charge < -0.3 is 10.2 Å². The molecule has 0 aliphatic rings. The van der Waals surface area contributed by atoms with E-state index in [9.17, 15) is 4.39 Å². The van der Waals surface area contributed by atoms with Crippen LogP contribution in [-0.4, -0.2) is 32.1 Å². The summed E-state index contributed by atoms with van der Waals surface area (Å²) in [4.78, 5) is 2.06. The van der Waals surface area contributed by atoms with E-state index in [0.717, 1.165) is 13.1 Å². The Hall–Kier alpha value is -1.44. The Morgan fingerprint density at radius 3 is 2.75 bits per heavy atom. The molecule has 0 spiro atoms. The van der Waals surface area contributed by atoms with Gasteiger partial charge >= 0.3 is 0 Å². The Morgan fingerprint density at radius 2 is 2.19 bits per heavy atom. The lowest BCUT2D eigenvalue weighted by atomic mass is 10.1. The smallest absolute Gasteiger partial charge is 0.129 e. The highest BCUT2D eigenvalue weighted by Gasteiger charge is 2.02. The summed E-state index contributed by atoms with van der Waals surface area (Å²) in [6, 6.07) is 6.46. The van der Waals surface area contributed by atoms with Crippen LogP contribution in [0.15, 0.2) is 18.2 Å². The highest BCUT2D eigenvalue weighted by molar-refractivity contribution is 5.32. The Morgan fingerprint density at radius 1 is 1.44 bits per heavy atom. The molecule has 0 saturated heterocycles. The molecule has 1 aromatic carbocycles. The van der Waals surface area contributed by atoms with Gasteiger partial charge in [0.05, 0.1) is 11.6 Å². The summed E-state index contributed by atoms with van der Waals surface area (Å²) in [5.41, 5.74) is 0.951. The lowest BCUT2D eigenvalue weighted by molar-refractivity contribution is 0.399. The minimum Gasteiger partial charge on any atom is -0.311 e. The molecule has 1 N–H and O–H groups in total. The number of nitrogens with one attached hydrogen (secondary N) is 1. The quantitative estimate of drug-likeness (QED) is 0.763. The molecule has 0 unspecified atom stereocenters. The third-order valence-corrected chi connectivity index (χ3v) is 2.23. The standard InChI is InChI=1S/C12H16FN3/c1-16(2)6-5-15-9-11-4-3-10(8-14)7-12(11)13/h3-4,7,15H,5-6,9H2,1-2H3. The number of rotatable bonds is 5. The van der Waals surface area contributed by atoms with E-state index in [1.165, 1.54) is 6.07 Å². The molecule has 1 rings (SSSR count). The van der Waals surface area contributed by atoms with Gasteiger partial charge in [-0.1, -0.05) is 6.07 Å². The number of nitriles is 1. The van der Waals surface area contributed by atoms with Crippen molar-refractivity contribution in [1.82, 2.24) is 10.2 Å². The molecular formula is C12H16FN3. The first-order valence-corrected chi connectivity index (χ1v) is 5.17. The molecule has 4 heteroatoms. The largest absolute Gasteiger partial charge is 0.311 e. The maximum Gasteiger partial charge on any atom is 0.129 e. The summed E-state index contributed by atoms with van der Waals surface area (Å²) in [6.07, 6.45) is 0. The van der Waals surface area contributed by atoms with Crippen molar-refractivity contribution in [3.8, 4) is 6.07 Å². The van der Waals surface area contributed by atoms with Gasteiger partial charge in [-0.15, -0.1) is 0 Å². The van der Waals surface area contributed by atoms with Crippen molar-refractivity contribution in [1.29, 1.82) is 5.26 Å². The van der Waals surface area contributed by atoms with Gasteiger partial charge in [0.2, 0.25) is 0 Å². The van der Waals surface area contributed by atoms with Crippen LogP contribution >= 0.6 is 0 Å². The zero-order valence-electron chi connectivity index (χ0n) is 9.63. The highest BCUT2D eigenvalue weighted by atomic mass is 19.1. The van der Waals surface area contributed by atoms with E-state index in [0.29, 0.717) is 17.7 Å². The first kappa shape index (κ1) is 12.6. The van der Waals surface area contributed by atoms with Crippen molar-refractivity contribution in [3.05, 3.63) is 35.1 Å². The van der Waals surface area contributed by atoms with E-state index in [1.807, 2.05) is 20.2 Å². The fraction of sp³-hybridized carbons (Fsp3) is 0.417. The predicted molar refractivity (Wildman–Crippen MR) is 61.4 cm³/mol. The SMILES string of the molecule is CN(C)CCNCc1ccc(C#N)cc1F. The Bertz CT molecular complexity index is 382. The van der Waals surface area contributed by atoms with E-state index in [-0.39, 0.29) is 5.82 Å². The first-order chi connectivity index (χ1) is 7.63. The van der Waals surface area contributed by atoms with Crippen LogP contribution in [0.2, 0.25) is 0 Å². The van der Waals surface area contributed by atoms with Crippen molar-refractivity contribution in [2.75, 3.05) is 27.2 Å². The number of hydrogen-bond donors (Lipinski definition) is 1. The van der Waals surface area contributed by atoms with Gasteiger partial charge in [-0.05, 0) is 26.2 Å². The van der Waals surface area contributed by atoms with Crippen molar-refractivity contribution in [2.24, 2.45) is 0 Å². The molecule has 86 valence electrons. The normalized spacial score (nSPS) is 10.4. The third-order valence-electron chi connectivity index (χ3n) is 2.23. The molecule has 0 aliphatic carbocycles. The van der Waals surface area contributed by atoms with E-state index in [2.05, 4.69) is 10.2 Å². The summed E-state index contributed by atoms with van der Waals surface area (Å²) in [6.45, 7) is 2.22. The summed E-state index contributed by atoms with van der Waals surface area (Å²) >= 11 is 0. The predicted octanol–water partition coefficient (Wildman–Crippen LogP) is 1.35. The van der Waals surface area contributed by atoms with Crippen LogP contribution in [0, 0.1) is 17.1 Å². The van der Waals surface area contributed by atoms with E-state index in [1.54, 1.807) is 12.1 Å². The molecule has 0 bridgehead atoms. The van der Waals surface area contributed by atoms with Crippen molar-refractivity contribution >= 4 is 0 Å². The van der Waals surface area contributed by atoms with Crippen molar-refractivity contribution in [2.45, 2.75) is 6.54 Å². The summed E-state index contributed by atoms with van der Waals surface area (Å²) in [5, 5.41) is 11.7. The average molecular weight is 221 g/mol. The molecule has 0 atom stereocenters. The number of likely N-dealkylation sites (N-methyl/N-ethyl adjacent to an activating group) is 1. The van der Waals surface area contributed by atoms with E-state index in [4.69, 9.17) is 5.26 Å². The fourth-order valence-corrected chi connectivity index (χ4v) is 1.29. The Balaban J connectivity index is 2.46. The van der Waals surface area contributed by atoms with Gasteiger partial charge in [-0.2, -0.15) is 5.26 Å². The van der Waals surface area contributed by atoms with Crippen LogP contribution < -0.4 is 5.32 Å². The maximum atomic E-state index is 13.4. The number of benzene rings is 1. The number of nitrogens with zero attached hydrogens (tertiary/aromatic N) is 2. The second-order valence-electron chi connectivity index (χ2n) is 3.90. The minimum atomic E-state index is -0.323. The van der Waals surface area contributed by atoms with Crippen LogP contribution in [0.25, 0.3) is 0 Å². The van der Waals surface area contributed by atoms with Crippen molar-refractivity contribution < 1.29 is 4.39 Å². The van der Waals surface area contributed by atoms with Crippen LogP contribution in [-0.2, 0) is 6.54 Å². The maximum absolute atomic E-state index is 13.4. The minimum absolute atomic E-state index is 0.323. The van der Waals surface area contributed by atoms with Gasteiger partial charge in [0, 0.05) is 25.2 Å². The third kappa shape index (κ3) is 3.97. The highest BCUT2D eigenvalue weighted by Crippen LogP contribution is 2.09. The monoisotopic (exact) mass is 221 g/mol. The molecule has 0 saturated carbocycles. The van der Waals surface area contributed by atoms with Crippen LogP contribution in [0.3, 0.4) is 0 Å². The van der Waals surface area contributed by atoms with Gasteiger partial charge in [-0.3, -0.25) is 0 Å². The van der Waals surface area contributed by atoms with Crippen LogP contribution in [0.1, 0.15) is 11.1 Å². The molecule has 16 heavy (non-hydrogen) atoms. The van der Waals surface area contributed by atoms with Gasteiger partial charge in [0.25, 0.3) is 0 Å². The lowest BCUT2D eigenvalue weighted by Gasteiger charge is -2.10. The van der Waals surface area contributed by atoms with Crippen LogP contribution in [0.5, 0.6) is 0 Å². The van der Waals surface area contributed by atoms with Crippen LogP contribution in [0.4, 0.5) is 4.39 Å². The Kier molecular flexibility index (Phi) is 4.90. The second kappa shape index (κ2) is 6.21. The van der Waals surface area contributed by atoms with Gasteiger partial charge in [-0.25, -0.2) is 4.39 Å². The average Bonchev–Trinajstić information content (AvgIpc) is 2.25. The zero-order valence-corrected chi connectivity index (χ0v) is 9.63. The molecule has 1 aromatic rings. The van der Waals surface area contributed by atoms with E-state index >= 15 is 0 Å².